The van der Waals surface area contributed by atoms with Crippen LogP contribution in [0.1, 0.15) is 49.9 Å². The minimum absolute atomic E-state index is 0.193. The maximum atomic E-state index is 14.3. The number of nitrogens with one attached hydrogen (secondary N) is 1. The van der Waals surface area contributed by atoms with Crippen LogP contribution in [-0.4, -0.2) is 99.7 Å². The second-order valence-corrected chi connectivity index (χ2v) is 12.8. The van der Waals surface area contributed by atoms with Gasteiger partial charge in [-0.3, -0.25) is 9.80 Å². The highest BCUT2D eigenvalue weighted by Crippen LogP contribution is 2.38. The third-order valence-electron chi connectivity index (χ3n) is 9.87. The summed E-state index contributed by atoms with van der Waals surface area (Å²) < 4.78 is 27.5. The quantitative estimate of drug-likeness (QED) is 0.174. The summed E-state index contributed by atoms with van der Waals surface area (Å²) in [6, 6.07) is 16.1. The van der Waals surface area contributed by atoms with Crippen molar-refractivity contribution in [1.82, 2.24) is 34.5 Å². The van der Waals surface area contributed by atoms with Crippen LogP contribution in [0, 0.1) is 5.82 Å². The summed E-state index contributed by atoms with van der Waals surface area (Å²) in [7, 11) is 0. The van der Waals surface area contributed by atoms with Gasteiger partial charge in [0.05, 0.1) is 31.2 Å². The Morgan fingerprint density at radius 2 is 1.70 bits per heavy atom. The lowest BCUT2D eigenvalue weighted by molar-refractivity contribution is 0.0267. The van der Waals surface area contributed by atoms with Crippen molar-refractivity contribution in [1.29, 1.82) is 0 Å². The van der Waals surface area contributed by atoms with Gasteiger partial charge in [0.1, 0.15) is 23.7 Å². The SMILES string of the molecule is CCOCCOCCN1CCN(C2CCC(n3nc(-c4ccc5[nH]c(Cc6ccccc6F)cc5c4)c4c(N)ncnc43)CC2)CC1. The first-order valence-electron chi connectivity index (χ1n) is 17.0. The minimum atomic E-state index is -0.193. The van der Waals surface area contributed by atoms with Crippen molar-refractivity contribution in [2.75, 3.05) is 64.9 Å². The number of ether oxygens (including phenoxy) is 2. The molecular formula is C36H45FN8O2. The second-order valence-electron chi connectivity index (χ2n) is 12.8. The van der Waals surface area contributed by atoms with Gasteiger partial charge in [-0.25, -0.2) is 19.0 Å². The second kappa shape index (κ2) is 14.5. The number of rotatable bonds is 12. The van der Waals surface area contributed by atoms with Crippen molar-refractivity contribution in [2.24, 2.45) is 0 Å². The van der Waals surface area contributed by atoms with Crippen LogP contribution in [0.2, 0.25) is 0 Å². The lowest BCUT2D eigenvalue weighted by Crippen LogP contribution is -2.51. The van der Waals surface area contributed by atoms with E-state index in [1.165, 1.54) is 6.07 Å². The molecule has 10 nitrogen and oxygen atoms in total. The summed E-state index contributed by atoms with van der Waals surface area (Å²) in [4.78, 5) is 17.7. The first kappa shape index (κ1) is 31.7. The van der Waals surface area contributed by atoms with Crippen molar-refractivity contribution in [3.63, 3.8) is 0 Å². The molecule has 0 unspecified atom stereocenters. The Balaban J connectivity index is 1.01. The third kappa shape index (κ3) is 7.03. The average molecular weight is 641 g/mol. The van der Waals surface area contributed by atoms with Gasteiger partial charge in [-0.15, -0.1) is 0 Å². The molecule has 1 aliphatic heterocycles. The molecule has 0 spiro atoms. The highest BCUT2D eigenvalue weighted by Gasteiger charge is 2.31. The molecule has 11 heteroatoms. The summed E-state index contributed by atoms with van der Waals surface area (Å²) in [6.07, 6.45) is 6.42. The van der Waals surface area contributed by atoms with Crippen molar-refractivity contribution in [3.05, 3.63) is 71.9 Å². The Hall–Kier alpha value is -3.90. The van der Waals surface area contributed by atoms with E-state index < -0.39 is 0 Å². The average Bonchev–Trinajstić information content (AvgIpc) is 3.69. The molecule has 2 aromatic carbocycles. The van der Waals surface area contributed by atoms with Crippen LogP contribution in [0.5, 0.6) is 0 Å². The van der Waals surface area contributed by atoms with Crippen LogP contribution in [0.25, 0.3) is 33.2 Å². The number of H-pyrrole nitrogens is 1. The molecule has 3 N–H and O–H groups in total. The number of nitrogens with zero attached hydrogens (tertiary/aromatic N) is 6. The third-order valence-corrected chi connectivity index (χ3v) is 9.87. The number of hydrogen-bond acceptors (Lipinski definition) is 8. The van der Waals surface area contributed by atoms with Crippen molar-refractivity contribution >= 4 is 27.8 Å². The fourth-order valence-corrected chi connectivity index (χ4v) is 7.31. The molecule has 5 aromatic rings. The van der Waals surface area contributed by atoms with Crippen LogP contribution in [0.4, 0.5) is 10.2 Å². The molecule has 0 radical (unpaired) electrons. The predicted octanol–water partition coefficient (Wildman–Crippen LogP) is 5.44. The molecule has 47 heavy (non-hydrogen) atoms. The van der Waals surface area contributed by atoms with E-state index in [0.717, 1.165) is 111 Å². The van der Waals surface area contributed by atoms with E-state index >= 15 is 0 Å². The molecule has 3 aromatic heterocycles. The van der Waals surface area contributed by atoms with Crippen LogP contribution >= 0.6 is 0 Å². The highest BCUT2D eigenvalue weighted by molar-refractivity contribution is 6.00. The number of aromatic amines is 1. The van der Waals surface area contributed by atoms with Crippen molar-refractivity contribution in [2.45, 2.75) is 51.1 Å². The minimum Gasteiger partial charge on any atom is -0.383 e. The summed E-state index contributed by atoms with van der Waals surface area (Å²) in [6.45, 7) is 10.2. The molecule has 7 rings (SSSR count). The maximum Gasteiger partial charge on any atom is 0.164 e. The van der Waals surface area contributed by atoms with Gasteiger partial charge in [0, 0.05) is 74.0 Å². The van der Waals surface area contributed by atoms with Crippen LogP contribution in [-0.2, 0) is 15.9 Å². The van der Waals surface area contributed by atoms with Crippen molar-refractivity contribution < 1.29 is 13.9 Å². The molecule has 0 bridgehead atoms. The monoisotopic (exact) mass is 640 g/mol. The zero-order chi connectivity index (χ0) is 32.2. The number of hydrogen-bond donors (Lipinski definition) is 2. The number of piperazine rings is 1. The van der Waals surface area contributed by atoms with E-state index in [9.17, 15) is 4.39 Å². The lowest BCUT2D eigenvalue weighted by Gasteiger charge is -2.42. The first-order chi connectivity index (χ1) is 23.1. The number of halogens is 1. The van der Waals surface area contributed by atoms with Gasteiger partial charge in [-0.1, -0.05) is 24.3 Å². The molecule has 4 heterocycles. The van der Waals surface area contributed by atoms with Gasteiger partial charge >= 0.3 is 0 Å². The van der Waals surface area contributed by atoms with E-state index in [2.05, 4.69) is 53.7 Å². The van der Waals surface area contributed by atoms with E-state index in [-0.39, 0.29) is 11.9 Å². The maximum absolute atomic E-state index is 14.3. The molecule has 2 aliphatic rings. The van der Waals surface area contributed by atoms with E-state index in [4.69, 9.17) is 20.3 Å². The number of anilines is 1. The summed E-state index contributed by atoms with van der Waals surface area (Å²) in [5.74, 6) is 0.249. The molecular weight excluding hydrogens is 595 g/mol. The Morgan fingerprint density at radius 3 is 2.51 bits per heavy atom. The van der Waals surface area contributed by atoms with Gasteiger partial charge in [0.25, 0.3) is 0 Å². The predicted molar refractivity (Wildman–Crippen MR) is 183 cm³/mol. The van der Waals surface area contributed by atoms with Gasteiger partial charge in [-0.2, -0.15) is 5.10 Å². The van der Waals surface area contributed by atoms with E-state index in [0.29, 0.717) is 37.1 Å². The normalized spacial score (nSPS) is 19.6. The molecule has 248 valence electrons. The summed E-state index contributed by atoms with van der Waals surface area (Å²) in [5, 5.41) is 7.01. The zero-order valence-electron chi connectivity index (χ0n) is 27.2. The Labute approximate surface area is 275 Å². The lowest BCUT2D eigenvalue weighted by atomic mass is 9.90. The topological polar surface area (TPSA) is 110 Å². The smallest absolute Gasteiger partial charge is 0.164 e. The summed E-state index contributed by atoms with van der Waals surface area (Å²) in [5.41, 5.74) is 11.7. The van der Waals surface area contributed by atoms with Gasteiger partial charge in [0.2, 0.25) is 0 Å². The van der Waals surface area contributed by atoms with Crippen LogP contribution in [0.15, 0.2) is 54.9 Å². The molecule has 1 saturated carbocycles. The molecule has 0 amide bonds. The van der Waals surface area contributed by atoms with Gasteiger partial charge in [0.15, 0.2) is 5.65 Å². The number of aromatic nitrogens is 5. The van der Waals surface area contributed by atoms with Crippen LogP contribution < -0.4 is 5.73 Å². The number of benzene rings is 2. The number of fused-ring (bicyclic) bond motifs is 2. The first-order valence-corrected chi connectivity index (χ1v) is 17.0. The Morgan fingerprint density at radius 1 is 0.915 bits per heavy atom. The fraction of sp³-hybridized carbons (Fsp3) is 0.472. The molecule has 1 saturated heterocycles. The standard InChI is InChI=1S/C36H45FN8O2/c1-2-46-19-20-47-18-17-43-13-15-44(16-14-43)29-8-10-30(11-9-29)45-36-33(35(38)39-24-40-36)34(42-45)26-7-12-32-27(21-26)23-28(41-32)22-25-5-3-4-6-31(25)37/h3-7,12,21,23-24,29-30,41H,2,8-11,13-20,22H2,1H3,(H2,38,39,40). The number of nitrogen functional groups attached to an aromatic ring is 1. The molecule has 2 fully saturated rings. The van der Waals surface area contributed by atoms with E-state index in [1.54, 1.807) is 12.4 Å². The summed E-state index contributed by atoms with van der Waals surface area (Å²) >= 11 is 0. The largest absolute Gasteiger partial charge is 0.383 e. The molecule has 1 aliphatic carbocycles. The Kier molecular flexibility index (Phi) is 9.76. The van der Waals surface area contributed by atoms with Crippen LogP contribution in [0.3, 0.4) is 0 Å². The van der Waals surface area contributed by atoms with E-state index in [1.807, 2.05) is 19.1 Å². The fourth-order valence-electron chi connectivity index (χ4n) is 7.31. The Bertz CT molecular complexity index is 1790. The number of nitrogens with two attached hydrogens (primary N) is 1. The van der Waals surface area contributed by atoms with Crippen molar-refractivity contribution in [3.8, 4) is 11.3 Å². The zero-order valence-corrected chi connectivity index (χ0v) is 27.2. The van der Waals surface area contributed by atoms with Gasteiger partial charge in [-0.05, 0) is 62.4 Å². The van der Waals surface area contributed by atoms with Gasteiger partial charge < -0.3 is 20.2 Å². The highest BCUT2D eigenvalue weighted by atomic mass is 19.1. The molecule has 0 atom stereocenters.